The van der Waals surface area contributed by atoms with Crippen molar-refractivity contribution in [1.82, 2.24) is 0 Å². The molecule has 0 atom stereocenters. The van der Waals surface area contributed by atoms with E-state index in [2.05, 4.69) is 48.5 Å². The quantitative estimate of drug-likeness (QED) is 0.707. The van der Waals surface area contributed by atoms with Crippen LogP contribution in [0.2, 0.25) is 0 Å². The summed E-state index contributed by atoms with van der Waals surface area (Å²) in [6.45, 7) is 14.8. The number of benzene rings is 1. The van der Waals surface area contributed by atoms with Gasteiger partial charge in [-0.2, -0.15) is 0 Å². The number of carbonyl (C=O) groups excluding carboxylic acids is 1. The Labute approximate surface area is 151 Å². The van der Waals surface area contributed by atoms with Crippen LogP contribution in [-0.2, 0) is 9.53 Å². The fourth-order valence-corrected chi connectivity index (χ4v) is 3.07. The Kier molecular flexibility index (Phi) is 3.98. The molecule has 1 heterocycles. The number of rotatable bonds is 1. The first-order valence-electron chi connectivity index (χ1n) is 9.09. The number of allylic oxidation sites excluding steroid dienone is 1. The van der Waals surface area contributed by atoms with Gasteiger partial charge in [-0.05, 0) is 46.0 Å². The molecule has 0 radical (unpaired) electrons. The molecule has 0 amide bonds. The predicted octanol–water partition coefficient (Wildman–Crippen LogP) is 5.18. The molecule has 3 nitrogen and oxygen atoms in total. The highest BCUT2D eigenvalue weighted by Crippen LogP contribution is 2.42. The smallest absolute Gasteiger partial charge is 0.211 e. The van der Waals surface area contributed by atoms with Crippen LogP contribution in [0.5, 0.6) is 0 Å². The van der Waals surface area contributed by atoms with Gasteiger partial charge in [0.1, 0.15) is 17.1 Å². The van der Waals surface area contributed by atoms with Crippen molar-refractivity contribution in [2.75, 3.05) is 0 Å². The SMILES string of the molecule is CC1(C)CCC2=C(O1)c1ccccc1/C(=N\C(C)(C)C(C)(C)C)C2=O. The first-order chi connectivity index (χ1) is 11.4. The Morgan fingerprint density at radius 1 is 1.04 bits per heavy atom. The van der Waals surface area contributed by atoms with Gasteiger partial charge < -0.3 is 4.74 Å². The third-order valence-electron chi connectivity index (χ3n) is 5.77. The highest BCUT2D eigenvalue weighted by molar-refractivity contribution is 6.54. The van der Waals surface area contributed by atoms with E-state index in [0.717, 1.165) is 35.3 Å². The molecule has 0 fully saturated rings. The molecule has 1 aliphatic heterocycles. The summed E-state index contributed by atoms with van der Waals surface area (Å²) >= 11 is 0. The second-order valence-electron chi connectivity index (χ2n) is 9.31. The van der Waals surface area contributed by atoms with Crippen molar-refractivity contribution in [3.05, 3.63) is 41.0 Å². The fourth-order valence-electron chi connectivity index (χ4n) is 3.07. The standard InChI is InChI=1S/C22H29NO2/c1-20(2,3)22(6,7)23-17-14-10-8-9-11-15(14)19-16(18(17)24)12-13-21(4,5)25-19/h8-11H,12-13H2,1-7H3/b23-17+. The molecular formula is C22H29NO2. The van der Waals surface area contributed by atoms with Crippen LogP contribution in [0.3, 0.4) is 0 Å². The molecule has 0 N–H and O–H groups in total. The number of ketones is 1. The van der Waals surface area contributed by atoms with Crippen LogP contribution in [0.4, 0.5) is 0 Å². The van der Waals surface area contributed by atoms with Gasteiger partial charge in [-0.3, -0.25) is 9.79 Å². The Balaban J connectivity index is 2.20. The zero-order valence-electron chi connectivity index (χ0n) is 16.5. The van der Waals surface area contributed by atoms with Crippen molar-refractivity contribution >= 4 is 17.3 Å². The lowest BCUT2D eigenvalue weighted by Crippen LogP contribution is -2.39. The van der Waals surface area contributed by atoms with Gasteiger partial charge in [0.05, 0.1) is 5.54 Å². The third kappa shape index (κ3) is 3.05. The van der Waals surface area contributed by atoms with Crippen molar-refractivity contribution in [2.45, 2.75) is 72.4 Å². The average Bonchev–Trinajstić information content (AvgIpc) is 2.49. The summed E-state index contributed by atoms with van der Waals surface area (Å²) in [5.41, 5.74) is 2.60. The maximum absolute atomic E-state index is 13.3. The van der Waals surface area contributed by atoms with Crippen LogP contribution in [0.25, 0.3) is 5.76 Å². The number of hydrogen-bond acceptors (Lipinski definition) is 3. The van der Waals surface area contributed by atoms with Crippen molar-refractivity contribution in [2.24, 2.45) is 10.4 Å². The summed E-state index contributed by atoms with van der Waals surface area (Å²) < 4.78 is 6.22. The predicted molar refractivity (Wildman–Crippen MR) is 103 cm³/mol. The minimum Gasteiger partial charge on any atom is -0.487 e. The zero-order valence-corrected chi connectivity index (χ0v) is 16.5. The van der Waals surface area contributed by atoms with Crippen LogP contribution in [0.15, 0.2) is 34.8 Å². The van der Waals surface area contributed by atoms with E-state index in [0.29, 0.717) is 5.71 Å². The van der Waals surface area contributed by atoms with Gasteiger partial charge in [0.25, 0.3) is 0 Å². The fraction of sp³-hybridized carbons (Fsp3) is 0.545. The number of nitrogens with zero attached hydrogens (tertiary/aromatic N) is 1. The minimum absolute atomic E-state index is 0.0292. The van der Waals surface area contributed by atoms with Gasteiger partial charge in [-0.25, -0.2) is 0 Å². The van der Waals surface area contributed by atoms with Crippen molar-refractivity contribution < 1.29 is 9.53 Å². The Morgan fingerprint density at radius 3 is 2.24 bits per heavy atom. The van der Waals surface area contributed by atoms with E-state index in [9.17, 15) is 4.79 Å². The first-order valence-corrected chi connectivity index (χ1v) is 9.09. The lowest BCUT2D eigenvalue weighted by molar-refractivity contribution is -0.110. The van der Waals surface area contributed by atoms with Crippen LogP contribution >= 0.6 is 0 Å². The number of Topliss-reactive ketones (excluding diaryl/α,β-unsaturated/α-hetero) is 1. The van der Waals surface area contributed by atoms with Crippen molar-refractivity contribution in [3.63, 3.8) is 0 Å². The number of aliphatic imine (C=N–C) groups is 1. The molecule has 0 aromatic heterocycles. The number of ether oxygens (including phenoxy) is 1. The van der Waals surface area contributed by atoms with Gasteiger partial charge in [0.2, 0.25) is 5.78 Å². The summed E-state index contributed by atoms with van der Waals surface area (Å²) in [5.74, 6) is 0.783. The first kappa shape index (κ1) is 17.9. The van der Waals surface area contributed by atoms with Crippen LogP contribution in [0.1, 0.15) is 72.4 Å². The molecule has 1 aliphatic carbocycles. The highest BCUT2D eigenvalue weighted by Gasteiger charge is 2.41. The van der Waals surface area contributed by atoms with Gasteiger partial charge in [0, 0.05) is 16.7 Å². The molecule has 3 heteroatoms. The Morgan fingerprint density at radius 2 is 1.64 bits per heavy atom. The van der Waals surface area contributed by atoms with E-state index in [4.69, 9.17) is 9.73 Å². The van der Waals surface area contributed by atoms with E-state index < -0.39 is 0 Å². The molecular weight excluding hydrogens is 310 g/mol. The zero-order chi connectivity index (χ0) is 18.6. The normalized spacial score (nSPS) is 21.7. The molecule has 1 aromatic rings. The molecule has 1 aromatic carbocycles. The maximum Gasteiger partial charge on any atom is 0.211 e. The summed E-state index contributed by atoms with van der Waals surface area (Å²) in [4.78, 5) is 18.2. The second kappa shape index (κ2) is 5.55. The topological polar surface area (TPSA) is 38.7 Å². The maximum atomic E-state index is 13.3. The summed E-state index contributed by atoms with van der Waals surface area (Å²) in [5, 5.41) is 0. The molecule has 3 rings (SSSR count). The minimum atomic E-state index is -0.349. The molecule has 0 saturated heterocycles. The number of carbonyl (C=O) groups is 1. The average molecular weight is 339 g/mol. The summed E-state index contributed by atoms with van der Waals surface area (Å²) in [7, 11) is 0. The largest absolute Gasteiger partial charge is 0.487 e. The molecule has 0 spiro atoms. The van der Waals surface area contributed by atoms with E-state index >= 15 is 0 Å². The lowest BCUT2D eigenvalue weighted by Gasteiger charge is -2.39. The summed E-state index contributed by atoms with van der Waals surface area (Å²) in [6.07, 6.45) is 1.58. The van der Waals surface area contributed by atoms with Crippen LogP contribution in [0, 0.1) is 5.41 Å². The van der Waals surface area contributed by atoms with Crippen molar-refractivity contribution in [1.29, 1.82) is 0 Å². The van der Waals surface area contributed by atoms with E-state index in [1.165, 1.54) is 0 Å². The molecule has 0 saturated carbocycles. The molecule has 0 unspecified atom stereocenters. The van der Waals surface area contributed by atoms with Gasteiger partial charge in [-0.1, -0.05) is 45.0 Å². The van der Waals surface area contributed by atoms with Crippen molar-refractivity contribution in [3.8, 4) is 0 Å². The van der Waals surface area contributed by atoms with E-state index in [-0.39, 0.29) is 22.3 Å². The molecule has 134 valence electrons. The molecule has 2 aliphatic rings. The van der Waals surface area contributed by atoms with Crippen LogP contribution < -0.4 is 0 Å². The van der Waals surface area contributed by atoms with Gasteiger partial charge in [0.15, 0.2) is 0 Å². The number of fused-ring (bicyclic) bond motifs is 2. The molecule has 25 heavy (non-hydrogen) atoms. The lowest BCUT2D eigenvalue weighted by atomic mass is 9.75. The highest BCUT2D eigenvalue weighted by atomic mass is 16.5. The monoisotopic (exact) mass is 339 g/mol. The van der Waals surface area contributed by atoms with Gasteiger partial charge in [-0.15, -0.1) is 0 Å². The van der Waals surface area contributed by atoms with Gasteiger partial charge >= 0.3 is 0 Å². The second-order valence-corrected chi connectivity index (χ2v) is 9.31. The summed E-state index contributed by atoms with van der Waals surface area (Å²) in [6, 6.07) is 7.99. The Bertz CT molecular complexity index is 788. The van der Waals surface area contributed by atoms with Crippen LogP contribution in [-0.4, -0.2) is 22.6 Å². The van der Waals surface area contributed by atoms with E-state index in [1.807, 2.05) is 24.3 Å². The number of hydrogen-bond donors (Lipinski definition) is 0. The van der Waals surface area contributed by atoms with E-state index in [1.54, 1.807) is 0 Å². The molecule has 0 bridgehead atoms. The Hall–Kier alpha value is -1.90. The third-order valence-corrected chi connectivity index (χ3v) is 5.77.